The van der Waals surface area contributed by atoms with Gasteiger partial charge in [0.05, 0.1) is 24.5 Å². The van der Waals surface area contributed by atoms with E-state index < -0.39 is 62.1 Å². The molecule has 0 bridgehead atoms. The van der Waals surface area contributed by atoms with Crippen LogP contribution < -0.4 is 4.74 Å². The molecule has 1 aromatic heterocycles. The van der Waals surface area contributed by atoms with Crippen LogP contribution in [0.3, 0.4) is 0 Å². The minimum absolute atomic E-state index is 0.0313. The first-order valence-electron chi connectivity index (χ1n) is 11.4. The van der Waals surface area contributed by atoms with Crippen molar-refractivity contribution in [3.63, 3.8) is 0 Å². The molecule has 1 aliphatic rings. The zero-order valence-corrected chi connectivity index (χ0v) is 19.6. The van der Waals surface area contributed by atoms with E-state index in [-0.39, 0.29) is 39.7 Å². The molecule has 0 spiro atoms. The fraction of sp³-hybridized carbons (Fsp3) is 0.320. The third-order valence-corrected chi connectivity index (χ3v) is 5.81. The van der Waals surface area contributed by atoms with E-state index in [0.29, 0.717) is 5.56 Å². The number of carbonyl (C=O) groups is 2. The second-order valence-corrected chi connectivity index (χ2v) is 8.57. The fourth-order valence-electron chi connectivity index (χ4n) is 3.82. The SMILES string of the molecule is O=C(O)CCC(=O)OC[C@H]1O[C@@H](Oc2cc3c(O)cc(O)cc3[o+]c2-c2ccc(O)cc2)[C@H](O)[C@@H](O)[C@@H]1O. The molecule has 0 saturated carbocycles. The van der Waals surface area contributed by atoms with Crippen molar-refractivity contribution in [2.45, 2.75) is 43.5 Å². The largest absolute Gasteiger partial charge is 0.508 e. The Hall–Kier alpha value is -4.17. The van der Waals surface area contributed by atoms with E-state index in [4.69, 9.17) is 23.7 Å². The molecule has 3 aromatic rings. The molecule has 13 heteroatoms. The summed E-state index contributed by atoms with van der Waals surface area (Å²) >= 11 is 0. The molecular weight excluding hydrogens is 508 g/mol. The third-order valence-electron chi connectivity index (χ3n) is 5.81. The van der Waals surface area contributed by atoms with E-state index >= 15 is 0 Å². The maximum atomic E-state index is 11.8. The average Bonchev–Trinajstić information content (AvgIpc) is 2.87. The van der Waals surface area contributed by atoms with Gasteiger partial charge in [-0.05, 0) is 24.3 Å². The summed E-state index contributed by atoms with van der Waals surface area (Å²) in [6.45, 7) is -0.573. The Kier molecular flexibility index (Phi) is 7.83. The molecule has 0 aliphatic carbocycles. The molecule has 38 heavy (non-hydrogen) atoms. The second kappa shape index (κ2) is 11.1. The Morgan fingerprint density at radius 3 is 2.29 bits per heavy atom. The molecule has 4 rings (SSSR count). The van der Waals surface area contributed by atoms with Gasteiger partial charge in [0.15, 0.2) is 0 Å². The summed E-state index contributed by atoms with van der Waals surface area (Å²) in [6, 6.07) is 9.40. The molecule has 202 valence electrons. The molecule has 2 aromatic carbocycles. The van der Waals surface area contributed by atoms with Crippen LogP contribution in [0.1, 0.15) is 12.8 Å². The van der Waals surface area contributed by atoms with Gasteiger partial charge < -0.3 is 50.0 Å². The number of aliphatic carboxylic acids is 1. The number of esters is 1. The van der Waals surface area contributed by atoms with Crippen LogP contribution in [-0.4, -0.2) is 85.0 Å². The number of hydrogen-bond donors (Lipinski definition) is 7. The Morgan fingerprint density at radius 1 is 0.895 bits per heavy atom. The number of carboxylic acid groups (broad SMARTS) is 1. The van der Waals surface area contributed by atoms with Crippen LogP contribution in [0.25, 0.3) is 22.3 Å². The number of aromatic hydroxyl groups is 3. The van der Waals surface area contributed by atoms with Crippen LogP contribution in [0.2, 0.25) is 0 Å². The van der Waals surface area contributed by atoms with Crippen molar-refractivity contribution < 1.29 is 64.0 Å². The van der Waals surface area contributed by atoms with Gasteiger partial charge in [-0.25, -0.2) is 4.42 Å². The molecule has 7 N–H and O–H groups in total. The molecule has 0 amide bonds. The molecule has 2 heterocycles. The number of ether oxygens (including phenoxy) is 3. The maximum absolute atomic E-state index is 11.8. The summed E-state index contributed by atoms with van der Waals surface area (Å²) in [6.07, 6.45) is -9.10. The normalized spacial score (nSPS) is 23.2. The molecule has 13 nitrogen and oxygen atoms in total. The van der Waals surface area contributed by atoms with Crippen LogP contribution in [-0.2, 0) is 19.1 Å². The zero-order valence-electron chi connectivity index (χ0n) is 19.6. The van der Waals surface area contributed by atoms with Crippen LogP contribution >= 0.6 is 0 Å². The van der Waals surface area contributed by atoms with E-state index in [9.17, 15) is 40.2 Å². The van der Waals surface area contributed by atoms with E-state index in [1.807, 2.05) is 0 Å². The predicted octanol–water partition coefficient (Wildman–Crippen LogP) is 1.09. The Bertz CT molecular complexity index is 1320. The topological polar surface area (TPSA) is 215 Å². The third kappa shape index (κ3) is 5.86. The molecule has 5 atom stereocenters. The number of aliphatic hydroxyl groups excluding tert-OH is 3. The van der Waals surface area contributed by atoms with Crippen LogP contribution in [0, 0.1) is 0 Å². The first-order valence-corrected chi connectivity index (χ1v) is 11.4. The van der Waals surface area contributed by atoms with Gasteiger partial charge in [-0.3, -0.25) is 9.59 Å². The summed E-state index contributed by atoms with van der Waals surface area (Å²) in [5.74, 6) is -2.77. The minimum atomic E-state index is -1.78. The standard InChI is InChI=1S/C25H24O13/c26-12-3-1-11(2-4-12)24-17(9-14-15(28)7-13(27)8-16(14)36-24)37-25-23(34)22(33)21(32)18(38-25)10-35-20(31)6-5-19(29)30/h1-4,7-9,18,21-23,25,32-34H,5-6,10H2,(H3-,26,27,28,29,30)/p+1/t18-,21-,22+,23-,25-/m1/s1. The molecule has 0 unspecified atom stereocenters. The highest BCUT2D eigenvalue weighted by atomic mass is 16.7. The molecule has 1 aliphatic heterocycles. The summed E-state index contributed by atoms with van der Waals surface area (Å²) in [5, 5.41) is 69.8. The maximum Gasteiger partial charge on any atom is 0.402 e. The van der Waals surface area contributed by atoms with E-state index in [1.165, 1.54) is 36.4 Å². The molecular formula is C25H25O13+. The van der Waals surface area contributed by atoms with Crippen molar-refractivity contribution in [3.8, 4) is 34.3 Å². The lowest BCUT2D eigenvalue weighted by Gasteiger charge is -2.39. The van der Waals surface area contributed by atoms with Gasteiger partial charge in [0, 0.05) is 12.1 Å². The monoisotopic (exact) mass is 533 g/mol. The van der Waals surface area contributed by atoms with Crippen LogP contribution in [0.4, 0.5) is 0 Å². The van der Waals surface area contributed by atoms with E-state index in [2.05, 4.69) is 0 Å². The minimum Gasteiger partial charge on any atom is -0.508 e. The second-order valence-electron chi connectivity index (χ2n) is 8.57. The lowest BCUT2D eigenvalue weighted by Crippen LogP contribution is -2.60. The number of aliphatic hydroxyl groups is 3. The summed E-state index contributed by atoms with van der Waals surface area (Å²) in [5.41, 5.74) is 0.460. The summed E-state index contributed by atoms with van der Waals surface area (Å²) in [7, 11) is 0. The lowest BCUT2D eigenvalue weighted by molar-refractivity contribution is -0.278. The summed E-state index contributed by atoms with van der Waals surface area (Å²) in [4.78, 5) is 22.4. The average molecular weight is 533 g/mol. The van der Waals surface area contributed by atoms with Gasteiger partial charge in [0.25, 0.3) is 0 Å². The molecule has 0 radical (unpaired) electrons. The number of benzene rings is 2. The van der Waals surface area contributed by atoms with Crippen molar-refractivity contribution >= 4 is 22.9 Å². The lowest BCUT2D eigenvalue weighted by atomic mass is 9.99. The van der Waals surface area contributed by atoms with Crippen LogP contribution in [0.15, 0.2) is 46.9 Å². The number of phenolic OH excluding ortho intramolecular Hbond substituents is 3. The fourth-order valence-corrected chi connectivity index (χ4v) is 3.82. The van der Waals surface area contributed by atoms with Gasteiger partial charge >= 0.3 is 23.3 Å². The van der Waals surface area contributed by atoms with Crippen molar-refractivity contribution in [1.82, 2.24) is 0 Å². The van der Waals surface area contributed by atoms with Gasteiger partial charge in [-0.15, -0.1) is 0 Å². The van der Waals surface area contributed by atoms with E-state index in [0.717, 1.165) is 6.07 Å². The highest BCUT2D eigenvalue weighted by Gasteiger charge is 2.46. The molecule has 1 saturated heterocycles. The zero-order chi connectivity index (χ0) is 27.6. The number of phenols is 3. The van der Waals surface area contributed by atoms with Crippen LogP contribution in [0.5, 0.6) is 23.0 Å². The number of carbonyl (C=O) groups excluding carboxylic acids is 1. The predicted molar refractivity (Wildman–Crippen MR) is 126 cm³/mol. The van der Waals surface area contributed by atoms with Gasteiger partial charge in [-0.2, -0.15) is 0 Å². The Morgan fingerprint density at radius 2 is 1.61 bits per heavy atom. The smallest absolute Gasteiger partial charge is 0.402 e. The Balaban J connectivity index is 1.63. The van der Waals surface area contributed by atoms with Crippen molar-refractivity contribution in [2.75, 3.05) is 6.61 Å². The first-order chi connectivity index (χ1) is 18.0. The number of rotatable bonds is 8. The Labute approximate surface area is 214 Å². The number of hydrogen-bond acceptors (Lipinski definition) is 11. The van der Waals surface area contributed by atoms with Gasteiger partial charge in [0.2, 0.25) is 12.0 Å². The van der Waals surface area contributed by atoms with Crippen molar-refractivity contribution in [2.24, 2.45) is 0 Å². The van der Waals surface area contributed by atoms with Crippen molar-refractivity contribution in [1.29, 1.82) is 0 Å². The number of fused-ring (bicyclic) bond motifs is 1. The number of carboxylic acids is 1. The first kappa shape index (κ1) is 26.9. The highest BCUT2D eigenvalue weighted by molar-refractivity contribution is 5.88. The summed E-state index contributed by atoms with van der Waals surface area (Å²) < 4.78 is 22.2. The quantitative estimate of drug-likeness (QED) is 0.160. The van der Waals surface area contributed by atoms with Crippen molar-refractivity contribution in [3.05, 3.63) is 42.5 Å². The van der Waals surface area contributed by atoms with E-state index in [1.54, 1.807) is 0 Å². The van der Waals surface area contributed by atoms with Gasteiger partial charge in [-0.1, -0.05) is 0 Å². The molecule has 1 fully saturated rings. The van der Waals surface area contributed by atoms with Gasteiger partial charge in [0.1, 0.15) is 53.7 Å². The highest BCUT2D eigenvalue weighted by Crippen LogP contribution is 2.40.